The van der Waals surface area contributed by atoms with Crippen LogP contribution in [0.3, 0.4) is 0 Å². The van der Waals surface area contributed by atoms with E-state index < -0.39 is 24.3 Å². The Kier molecular flexibility index (Phi) is 10.8. The molecule has 2 amide bonds. The third-order valence-corrected chi connectivity index (χ3v) is 7.88. The molecule has 41 heavy (non-hydrogen) atoms. The number of rotatable bonds is 11. The van der Waals surface area contributed by atoms with E-state index in [-0.39, 0.29) is 11.8 Å². The van der Waals surface area contributed by atoms with Gasteiger partial charge >= 0.3 is 0 Å². The third kappa shape index (κ3) is 7.48. The fraction of sp³-hybridized carbons (Fsp3) is 0.364. The number of amides is 2. The van der Waals surface area contributed by atoms with Gasteiger partial charge in [-0.3, -0.25) is 9.59 Å². The molecule has 1 saturated heterocycles. The number of nitriles is 1. The molecule has 0 bridgehead atoms. The zero-order chi connectivity index (χ0) is 29.4. The summed E-state index contributed by atoms with van der Waals surface area (Å²) in [6.07, 6.45) is 1.92. The Hall–Kier alpha value is -3.37. The van der Waals surface area contributed by atoms with Gasteiger partial charge in [-0.2, -0.15) is 5.26 Å². The molecule has 3 aromatic carbocycles. The van der Waals surface area contributed by atoms with Crippen LogP contribution in [0.5, 0.6) is 0 Å². The van der Waals surface area contributed by atoms with Gasteiger partial charge < -0.3 is 15.0 Å². The topological polar surface area (TPSA) is 82.4 Å². The van der Waals surface area contributed by atoms with Crippen molar-refractivity contribution in [3.8, 4) is 6.07 Å². The van der Waals surface area contributed by atoms with Gasteiger partial charge in [0, 0.05) is 23.0 Å². The minimum atomic E-state index is -0.838. The zero-order valence-corrected chi connectivity index (χ0v) is 24.9. The Morgan fingerprint density at radius 1 is 0.951 bits per heavy atom. The van der Waals surface area contributed by atoms with Gasteiger partial charge in [-0.25, -0.2) is 0 Å². The average Bonchev–Trinajstić information content (AvgIpc) is 2.98. The van der Waals surface area contributed by atoms with E-state index in [1.165, 1.54) is 0 Å². The molecule has 0 saturated carbocycles. The summed E-state index contributed by atoms with van der Waals surface area (Å²) in [5.74, 6) is -0.412. The Bertz CT molecular complexity index is 1350. The number of nitrogens with zero attached hydrogens (tertiary/aromatic N) is 2. The van der Waals surface area contributed by atoms with Crippen LogP contribution >= 0.6 is 23.2 Å². The predicted molar refractivity (Wildman–Crippen MR) is 162 cm³/mol. The lowest BCUT2D eigenvalue weighted by molar-refractivity contribution is -0.181. The van der Waals surface area contributed by atoms with Crippen LogP contribution in [0.2, 0.25) is 10.0 Å². The van der Waals surface area contributed by atoms with Crippen LogP contribution in [0, 0.1) is 11.3 Å². The van der Waals surface area contributed by atoms with Crippen LogP contribution in [0.25, 0.3) is 0 Å². The summed E-state index contributed by atoms with van der Waals surface area (Å²) < 4.78 is 6.66. The highest BCUT2D eigenvalue weighted by atomic mass is 35.5. The first kappa shape index (κ1) is 30.6. The van der Waals surface area contributed by atoms with Crippen LogP contribution < -0.4 is 5.32 Å². The van der Waals surface area contributed by atoms with Crippen LogP contribution in [0.15, 0.2) is 72.8 Å². The number of morpholine rings is 1. The monoisotopic (exact) mass is 591 g/mol. The number of benzene rings is 3. The van der Waals surface area contributed by atoms with Crippen molar-refractivity contribution < 1.29 is 14.3 Å². The smallest absolute Gasteiger partial charge is 0.253 e. The second-order valence-corrected chi connectivity index (χ2v) is 11.2. The summed E-state index contributed by atoms with van der Waals surface area (Å²) in [4.78, 5) is 29.8. The molecule has 8 heteroatoms. The first-order valence-electron chi connectivity index (χ1n) is 14.1. The number of nitrogens with one attached hydrogen (secondary N) is 1. The molecule has 4 rings (SSSR count). The predicted octanol–water partition coefficient (Wildman–Crippen LogP) is 7.20. The summed E-state index contributed by atoms with van der Waals surface area (Å²) in [5, 5.41) is 13.4. The summed E-state index contributed by atoms with van der Waals surface area (Å²) in [7, 11) is 0. The van der Waals surface area contributed by atoms with Gasteiger partial charge in [-0.05, 0) is 65.9 Å². The van der Waals surface area contributed by atoms with Gasteiger partial charge in [0.1, 0.15) is 18.2 Å². The SMILES string of the molecule is CCCCNC(=O)[C@@H](CCC)N1C(=O)[C@H](Cc2ccc(C#N)cc2)O[C@@H](c2ccc(Cl)cc2)[C@H]1c1ccc(Cl)cc1. The number of ether oxygens (including phenoxy) is 1. The van der Waals surface area contributed by atoms with E-state index in [2.05, 4.69) is 18.3 Å². The molecule has 1 heterocycles. The fourth-order valence-electron chi connectivity index (χ4n) is 5.26. The molecule has 4 atom stereocenters. The first-order valence-corrected chi connectivity index (χ1v) is 14.9. The number of carbonyl (C=O) groups is 2. The van der Waals surface area contributed by atoms with Crippen molar-refractivity contribution in [2.45, 2.75) is 70.2 Å². The van der Waals surface area contributed by atoms with Gasteiger partial charge in [0.05, 0.1) is 17.7 Å². The maximum Gasteiger partial charge on any atom is 0.253 e. The molecule has 3 aromatic rings. The van der Waals surface area contributed by atoms with Crippen molar-refractivity contribution in [3.05, 3.63) is 105 Å². The van der Waals surface area contributed by atoms with Crippen LogP contribution in [-0.4, -0.2) is 35.4 Å². The van der Waals surface area contributed by atoms with Crippen molar-refractivity contribution >= 4 is 35.0 Å². The summed E-state index contributed by atoms with van der Waals surface area (Å²) >= 11 is 12.5. The number of hydrogen-bond acceptors (Lipinski definition) is 4. The highest BCUT2D eigenvalue weighted by Crippen LogP contribution is 2.44. The number of halogens is 2. The molecule has 1 aliphatic heterocycles. The second-order valence-electron chi connectivity index (χ2n) is 10.3. The van der Waals surface area contributed by atoms with Gasteiger partial charge in [0.2, 0.25) is 5.91 Å². The molecule has 0 radical (unpaired) electrons. The van der Waals surface area contributed by atoms with E-state index in [1.54, 1.807) is 41.3 Å². The van der Waals surface area contributed by atoms with Gasteiger partial charge in [0.25, 0.3) is 5.91 Å². The molecule has 1 fully saturated rings. The van der Waals surface area contributed by atoms with Crippen molar-refractivity contribution in [1.29, 1.82) is 5.26 Å². The number of unbranched alkanes of at least 4 members (excludes halogenated alkanes) is 1. The maximum absolute atomic E-state index is 14.4. The van der Waals surface area contributed by atoms with Crippen molar-refractivity contribution in [2.24, 2.45) is 0 Å². The normalized spacial score (nSPS) is 19.4. The van der Waals surface area contributed by atoms with E-state index in [0.717, 1.165) is 36.0 Å². The molecule has 1 N–H and O–H groups in total. The van der Waals surface area contributed by atoms with Gasteiger partial charge in [0.15, 0.2) is 0 Å². The van der Waals surface area contributed by atoms with Crippen LogP contribution in [-0.2, 0) is 20.7 Å². The third-order valence-electron chi connectivity index (χ3n) is 7.37. The lowest BCUT2D eigenvalue weighted by Gasteiger charge is -2.47. The van der Waals surface area contributed by atoms with Gasteiger partial charge in [-0.15, -0.1) is 0 Å². The molecular formula is C33H35Cl2N3O3. The lowest BCUT2D eigenvalue weighted by atomic mass is 9.88. The quantitative estimate of drug-likeness (QED) is 0.239. The molecule has 1 aliphatic rings. The molecule has 214 valence electrons. The summed E-state index contributed by atoms with van der Waals surface area (Å²) in [5.41, 5.74) is 3.07. The van der Waals surface area contributed by atoms with E-state index in [1.807, 2.05) is 43.3 Å². The standard InChI is InChI=1S/C33H35Cl2N3O3/c1-3-5-19-37-32(39)28(6-4-2)38-30(24-11-15-26(34)16-12-24)31(25-13-17-27(35)18-14-25)41-29(33(38)40)20-22-7-9-23(21-36)10-8-22/h7-18,28-31H,3-6,19-20H2,1-2H3,(H,37,39)/t28-,29+,30-,31+/m1/s1. The highest BCUT2D eigenvalue weighted by Gasteiger charge is 2.48. The van der Waals surface area contributed by atoms with E-state index in [9.17, 15) is 14.9 Å². The molecule has 0 unspecified atom stereocenters. The zero-order valence-electron chi connectivity index (χ0n) is 23.4. The maximum atomic E-state index is 14.4. The minimum absolute atomic E-state index is 0.165. The highest BCUT2D eigenvalue weighted by molar-refractivity contribution is 6.30. The van der Waals surface area contributed by atoms with Crippen molar-refractivity contribution in [1.82, 2.24) is 10.2 Å². The van der Waals surface area contributed by atoms with Crippen molar-refractivity contribution in [2.75, 3.05) is 6.54 Å². The molecule has 6 nitrogen and oxygen atoms in total. The summed E-state index contributed by atoms with van der Waals surface area (Å²) in [6, 6.07) is 22.8. The van der Waals surface area contributed by atoms with Gasteiger partial charge in [-0.1, -0.05) is 86.3 Å². The second kappa shape index (κ2) is 14.5. The Morgan fingerprint density at radius 2 is 1.56 bits per heavy atom. The lowest BCUT2D eigenvalue weighted by Crippen LogP contribution is -2.59. The van der Waals surface area contributed by atoms with E-state index in [4.69, 9.17) is 27.9 Å². The first-order chi connectivity index (χ1) is 19.9. The largest absolute Gasteiger partial charge is 0.358 e. The molecule has 0 aromatic heterocycles. The Labute approximate surface area is 252 Å². The number of carbonyl (C=O) groups excluding carboxylic acids is 2. The molecular weight excluding hydrogens is 557 g/mol. The average molecular weight is 593 g/mol. The van der Waals surface area contributed by atoms with Crippen LogP contribution in [0.4, 0.5) is 0 Å². The number of hydrogen-bond donors (Lipinski definition) is 1. The summed E-state index contributed by atoms with van der Waals surface area (Å²) in [6.45, 7) is 4.64. The van der Waals surface area contributed by atoms with E-state index in [0.29, 0.717) is 35.0 Å². The van der Waals surface area contributed by atoms with E-state index >= 15 is 0 Å². The van der Waals surface area contributed by atoms with Crippen LogP contribution in [0.1, 0.15) is 73.9 Å². The molecule has 0 spiro atoms. The fourth-order valence-corrected chi connectivity index (χ4v) is 5.51. The molecule has 0 aliphatic carbocycles. The Balaban J connectivity index is 1.82. The van der Waals surface area contributed by atoms with Crippen molar-refractivity contribution in [3.63, 3.8) is 0 Å². The Morgan fingerprint density at radius 3 is 2.12 bits per heavy atom. The minimum Gasteiger partial charge on any atom is -0.358 e.